The van der Waals surface area contributed by atoms with Crippen molar-refractivity contribution in [2.45, 2.75) is 77.2 Å². The fourth-order valence-electron chi connectivity index (χ4n) is 4.50. The van der Waals surface area contributed by atoms with Gasteiger partial charge in [0.1, 0.15) is 5.75 Å². The second-order valence-corrected chi connectivity index (χ2v) is 9.02. The molecule has 0 bridgehead atoms. The van der Waals surface area contributed by atoms with E-state index in [0.29, 0.717) is 18.1 Å². The van der Waals surface area contributed by atoms with Crippen LogP contribution in [0.4, 0.5) is 26.3 Å². The number of benzene rings is 2. The molecule has 8 heteroatoms. The van der Waals surface area contributed by atoms with Crippen LogP contribution >= 0.6 is 0 Å². The molecule has 1 fully saturated rings. The van der Waals surface area contributed by atoms with Gasteiger partial charge in [0.15, 0.2) is 11.6 Å². The summed E-state index contributed by atoms with van der Waals surface area (Å²) in [6.07, 6.45) is 1.80. The van der Waals surface area contributed by atoms with Crippen LogP contribution in [0.15, 0.2) is 42.5 Å². The summed E-state index contributed by atoms with van der Waals surface area (Å²) in [5.74, 6) is -1.68. The normalized spacial score (nSPS) is 19.1. The Labute approximate surface area is 196 Å². The highest BCUT2D eigenvalue weighted by Gasteiger charge is 2.36. The van der Waals surface area contributed by atoms with Crippen molar-refractivity contribution in [3.05, 3.63) is 59.4 Å². The van der Waals surface area contributed by atoms with Crippen molar-refractivity contribution >= 4 is 0 Å². The summed E-state index contributed by atoms with van der Waals surface area (Å²) >= 11 is 0. The molecule has 34 heavy (non-hydrogen) atoms. The Morgan fingerprint density at radius 2 is 1.44 bits per heavy atom. The molecule has 1 aliphatic rings. The third-order valence-electron chi connectivity index (χ3n) is 6.44. The van der Waals surface area contributed by atoms with Crippen LogP contribution in [0.25, 0.3) is 0 Å². The van der Waals surface area contributed by atoms with Gasteiger partial charge in [-0.1, -0.05) is 64.0 Å². The van der Waals surface area contributed by atoms with Crippen molar-refractivity contribution in [2.24, 2.45) is 11.8 Å². The first-order valence-corrected chi connectivity index (χ1v) is 11.8. The van der Waals surface area contributed by atoms with Gasteiger partial charge < -0.3 is 9.47 Å². The van der Waals surface area contributed by atoms with Gasteiger partial charge in [0.05, 0.1) is 5.56 Å². The lowest BCUT2D eigenvalue weighted by molar-refractivity contribution is -0.275. The molecule has 0 aromatic heterocycles. The zero-order chi connectivity index (χ0) is 24.8. The second kappa shape index (κ2) is 11.4. The zero-order valence-corrected chi connectivity index (χ0v) is 19.1. The van der Waals surface area contributed by atoms with Crippen LogP contribution in [0.5, 0.6) is 11.5 Å². The van der Waals surface area contributed by atoms with Gasteiger partial charge in [-0.3, -0.25) is 0 Å². The first-order valence-electron chi connectivity index (χ1n) is 11.8. The lowest BCUT2D eigenvalue weighted by Crippen LogP contribution is -2.22. The van der Waals surface area contributed by atoms with E-state index in [4.69, 9.17) is 0 Å². The Morgan fingerprint density at radius 1 is 0.824 bits per heavy atom. The fourth-order valence-corrected chi connectivity index (χ4v) is 4.50. The van der Waals surface area contributed by atoms with Gasteiger partial charge in [0, 0.05) is 6.07 Å². The SMILES string of the molecule is CCCCC1CCC(CCc2ccc(C(F)(F)Oc3ccc(OC(F)(F)F)c(F)c3)cc2)CC1. The van der Waals surface area contributed by atoms with Gasteiger partial charge in [-0.25, -0.2) is 4.39 Å². The summed E-state index contributed by atoms with van der Waals surface area (Å²) in [6.45, 7) is 2.22. The number of unbranched alkanes of at least 4 members (excludes halogenated alkanes) is 1. The molecule has 1 aliphatic carbocycles. The quantitative estimate of drug-likeness (QED) is 0.311. The summed E-state index contributed by atoms with van der Waals surface area (Å²) in [5.41, 5.74) is 0.524. The van der Waals surface area contributed by atoms with Crippen molar-refractivity contribution in [1.82, 2.24) is 0 Å². The molecule has 0 atom stereocenters. The molecule has 0 amide bonds. The van der Waals surface area contributed by atoms with E-state index in [0.717, 1.165) is 30.4 Å². The summed E-state index contributed by atoms with van der Waals surface area (Å²) < 4.78 is 87.6. The second-order valence-electron chi connectivity index (χ2n) is 9.02. The Hall–Kier alpha value is -2.38. The Kier molecular flexibility index (Phi) is 8.77. The van der Waals surface area contributed by atoms with Gasteiger partial charge in [0.2, 0.25) is 0 Å². The van der Waals surface area contributed by atoms with E-state index in [9.17, 15) is 26.3 Å². The molecule has 0 saturated heterocycles. The minimum absolute atomic E-state index is 0.427. The summed E-state index contributed by atoms with van der Waals surface area (Å²) in [5, 5.41) is 0. The molecule has 0 N–H and O–H groups in total. The average molecular weight is 489 g/mol. The van der Waals surface area contributed by atoms with E-state index in [2.05, 4.69) is 16.4 Å². The molecule has 0 heterocycles. The largest absolute Gasteiger partial charge is 0.573 e. The molecule has 0 unspecified atom stereocenters. The lowest BCUT2D eigenvalue weighted by atomic mass is 9.78. The van der Waals surface area contributed by atoms with Crippen LogP contribution < -0.4 is 9.47 Å². The molecule has 0 aliphatic heterocycles. The number of rotatable bonds is 10. The van der Waals surface area contributed by atoms with Crippen molar-refractivity contribution < 1.29 is 35.8 Å². The summed E-state index contributed by atoms with van der Waals surface area (Å²) in [6, 6.07) is 7.59. The van der Waals surface area contributed by atoms with E-state index >= 15 is 0 Å². The van der Waals surface area contributed by atoms with Crippen LogP contribution in [-0.4, -0.2) is 6.36 Å². The molecule has 3 rings (SSSR count). The molecule has 2 aromatic carbocycles. The van der Waals surface area contributed by atoms with Gasteiger partial charge >= 0.3 is 12.5 Å². The van der Waals surface area contributed by atoms with Gasteiger partial charge in [-0.05, 0) is 54.5 Å². The average Bonchev–Trinajstić information content (AvgIpc) is 2.78. The number of ether oxygens (including phenoxy) is 2. The van der Waals surface area contributed by atoms with Crippen LogP contribution in [0.1, 0.15) is 69.4 Å². The molecule has 188 valence electrons. The van der Waals surface area contributed by atoms with E-state index in [1.54, 1.807) is 12.1 Å². The lowest BCUT2D eigenvalue weighted by Gasteiger charge is -2.28. The number of hydrogen-bond donors (Lipinski definition) is 0. The van der Waals surface area contributed by atoms with Gasteiger partial charge in [-0.15, -0.1) is 13.2 Å². The minimum Gasteiger partial charge on any atom is -0.429 e. The standard InChI is InChI=1S/C26H30F6O2/c1-2-3-4-18-5-7-19(8-6-18)9-10-20-11-13-21(14-12-20)25(28,29)33-22-15-16-24(23(27)17-22)34-26(30,31)32/h11-19H,2-10H2,1H3. The van der Waals surface area contributed by atoms with Gasteiger partial charge in [-0.2, -0.15) is 8.78 Å². The van der Waals surface area contributed by atoms with Crippen molar-refractivity contribution in [3.63, 3.8) is 0 Å². The van der Waals surface area contributed by atoms with Crippen LogP contribution in [0.3, 0.4) is 0 Å². The smallest absolute Gasteiger partial charge is 0.429 e. The van der Waals surface area contributed by atoms with Crippen molar-refractivity contribution in [1.29, 1.82) is 0 Å². The molecule has 2 nitrogen and oxygen atoms in total. The van der Waals surface area contributed by atoms with E-state index in [1.165, 1.54) is 57.1 Å². The molecule has 0 spiro atoms. The molecule has 1 saturated carbocycles. The predicted octanol–water partition coefficient (Wildman–Crippen LogP) is 8.78. The number of aryl methyl sites for hydroxylation is 1. The first-order chi connectivity index (χ1) is 16.1. The first kappa shape index (κ1) is 26.2. The van der Waals surface area contributed by atoms with Crippen LogP contribution in [0, 0.1) is 17.7 Å². The molecular weight excluding hydrogens is 458 g/mol. The topological polar surface area (TPSA) is 18.5 Å². The fraction of sp³-hybridized carbons (Fsp3) is 0.538. The number of hydrogen-bond acceptors (Lipinski definition) is 2. The van der Waals surface area contributed by atoms with Crippen LogP contribution in [-0.2, 0) is 12.5 Å². The van der Waals surface area contributed by atoms with E-state index in [1.807, 2.05) is 0 Å². The Bertz CT molecular complexity index is 902. The van der Waals surface area contributed by atoms with Gasteiger partial charge in [0.25, 0.3) is 0 Å². The number of alkyl halides is 5. The summed E-state index contributed by atoms with van der Waals surface area (Å²) in [4.78, 5) is 0. The highest BCUT2D eigenvalue weighted by atomic mass is 19.4. The Balaban J connectivity index is 1.52. The van der Waals surface area contributed by atoms with Crippen LogP contribution in [0.2, 0.25) is 0 Å². The highest BCUT2D eigenvalue weighted by molar-refractivity contribution is 5.34. The van der Waals surface area contributed by atoms with Crippen molar-refractivity contribution in [3.8, 4) is 11.5 Å². The molecule has 2 aromatic rings. The zero-order valence-electron chi connectivity index (χ0n) is 19.1. The minimum atomic E-state index is -5.09. The monoisotopic (exact) mass is 488 g/mol. The number of halogens is 6. The maximum atomic E-state index is 14.5. The third-order valence-corrected chi connectivity index (χ3v) is 6.44. The molecular formula is C26H30F6O2. The Morgan fingerprint density at radius 3 is 2.00 bits per heavy atom. The maximum Gasteiger partial charge on any atom is 0.573 e. The molecule has 0 radical (unpaired) electrons. The maximum absolute atomic E-state index is 14.5. The van der Waals surface area contributed by atoms with Crippen molar-refractivity contribution in [2.75, 3.05) is 0 Å². The third kappa shape index (κ3) is 7.84. The van der Waals surface area contributed by atoms with E-state index in [-0.39, 0.29) is 0 Å². The summed E-state index contributed by atoms with van der Waals surface area (Å²) in [7, 11) is 0. The predicted molar refractivity (Wildman–Crippen MR) is 117 cm³/mol. The highest BCUT2D eigenvalue weighted by Crippen LogP contribution is 2.36. The van der Waals surface area contributed by atoms with E-state index < -0.39 is 35.4 Å².